The van der Waals surface area contributed by atoms with Crippen LogP contribution in [0.15, 0.2) is 30.3 Å². The van der Waals surface area contributed by atoms with E-state index in [4.69, 9.17) is 10.5 Å². The number of nitrogen functional groups attached to an aromatic ring is 1. The first-order chi connectivity index (χ1) is 9.20. The minimum absolute atomic E-state index is 0.599. The summed E-state index contributed by atoms with van der Waals surface area (Å²) < 4.78 is 7.70. The molecule has 2 rings (SSSR count). The van der Waals surface area contributed by atoms with Crippen LogP contribution in [0.25, 0.3) is 0 Å². The van der Waals surface area contributed by atoms with Crippen molar-refractivity contribution in [2.45, 2.75) is 33.4 Å². The molecule has 2 aromatic rings. The highest BCUT2D eigenvalue weighted by Gasteiger charge is 2.04. The molecule has 1 aromatic heterocycles. The minimum Gasteiger partial charge on any atom is -0.399 e. The predicted molar refractivity (Wildman–Crippen MR) is 76.9 cm³/mol. The van der Waals surface area contributed by atoms with Gasteiger partial charge in [-0.25, -0.2) is 0 Å². The van der Waals surface area contributed by atoms with E-state index < -0.39 is 0 Å². The number of para-hydroxylation sites is 1. The van der Waals surface area contributed by atoms with E-state index in [1.54, 1.807) is 0 Å². The number of rotatable bonds is 6. The van der Waals surface area contributed by atoms with E-state index in [1.165, 1.54) is 0 Å². The largest absolute Gasteiger partial charge is 0.399 e. The Morgan fingerprint density at radius 3 is 2.84 bits per heavy atom. The Bertz CT molecular complexity index is 534. The summed E-state index contributed by atoms with van der Waals surface area (Å²) in [6.45, 7) is 6.22. The first kappa shape index (κ1) is 13.6. The van der Waals surface area contributed by atoms with Gasteiger partial charge in [-0.05, 0) is 38.0 Å². The van der Waals surface area contributed by atoms with Crippen LogP contribution in [-0.4, -0.2) is 16.4 Å². The molecule has 102 valence electrons. The van der Waals surface area contributed by atoms with Crippen molar-refractivity contribution in [1.82, 2.24) is 9.78 Å². The summed E-state index contributed by atoms with van der Waals surface area (Å²) in [5.74, 6) is 0. The number of hydrogen-bond donors (Lipinski definition) is 1. The maximum Gasteiger partial charge on any atom is 0.0885 e. The molecule has 4 heteroatoms. The highest BCUT2D eigenvalue weighted by atomic mass is 16.5. The van der Waals surface area contributed by atoms with Gasteiger partial charge in [-0.3, -0.25) is 4.68 Å². The minimum atomic E-state index is 0.599. The molecule has 0 radical (unpaired) electrons. The Hall–Kier alpha value is -1.81. The summed E-state index contributed by atoms with van der Waals surface area (Å²) in [6, 6.07) is 9.98. The number of hydrogen-bond acceptors (Lipinski definition) is 3. The monoisotopic (exact) mass is 259 g/mol. The van der Waals surface area contributed by atoms with Gasteiger partial charge in [0.1, 0.15) is 0 Å². The number of nitrogens with two attached hydrogens (primary N) is 1. The Labute approximate surface area is 114 Å². The van der Waals surface area contributed by atoms with Gasteiger partial charge in [-0.1, -0.05) is 18.2 Å². The Morgan fingerprint density at radius 2 is 2.11 bits per heavy atom. The second-order valence-electron chi connectivity index (χ2n) is 4.59. The van der Waals surface area contributed by atoms with E-state index in [1.807, 2.05) is 35.9 Å². The lowest BCUT2D eigenvalue weighted by Gasteiger charge is -2.07. The highest BCUT2D eigenvalue weighted by Crippen LogP contribution is 2.12. The van der Waals surface area contributed by atoms with Crippen LogP contribution < -0.4 is 5.73 Å². The third-order valence-electron chi connectivity index (χ3n) is 3.11. The fourth-order valence-electron chi connectivity index (χ4n) is 2.11. The van der Waals surface area contributed by atoms with E-state index in [-0.39, 0.29) is 0 Å². The van der Waals surface area contributed by atoms with Crippen LogP contribution in [0.2, 0.25) is 0 Å². The van der Waals surface area contributed by atoms with Gasteiger partial charge in [0.25, 0.3) is 0 Å². The molecular formula is C15H21N3O. The van der Waals surface area contributed by atoms with Crippen LogP contribution in [0.1, 0.15) is 23.9 Å². The summed E-state index contributed by atoms with van der Waals surface area (Å²) in [7, 11) is 0. The SMILES string of the molecule is CCn1nc(C)cc1COCCc1ccccc1N. The molecule has 0 spiro atoms. The fourth-order valence-corrected chi connectivity index (χ4v) is 2.11. The van der Waals surface area contributed by atoms with Crippen LogP contribution in [0.4, 0.5) is 5.69 Å². The highest BCUT2D eigenvalue weighted by molar-refractivity contribution is 5.46. The van der Waals surface area contributed by atoms with Crippen molar-refractivity contribution in [1.29, 1.82) is 0 Å². The fraction of sp³-hybridized carbons (Fsp3) is 0.400. The molecule has 0 fully saturated rings. The number of aromatic nitrogens is 2. The zero-order valence-corrected chi connectivity index (χ0v) is 11.6. The van der Waals surface area contributed by atoms with Crippen molar-refractivity contribution in [3.05, 3.63) is 47.3 Å². The van der Waals surface area contributed by atoms with Gasteiger partial charge < -0.3 is 10.5 Å². The van der Waals surface area contributed by atoms with Gasteiger partial charge in [0.05, 0.1) is 24.6 Å². The average molecular weight is 259 g/mol. The van der Waals surface area contributed by atoms with E-state index in [0.717, 1.165) is 35.6 Å². The van der Waals surface area contributed by atoms with Gasteiger partial charge in [0, 0.05) is 12.2 Å². The van der Waals surface area contributed by atoms with Gasteiger partial charge >= 0.3 is 0 Å². The van der Waals surface area contributed by atoms with E-state index in [0.29, 0.717) is 13.2 Å². The molecular weight excluding hydrogens is 238 g/mol. The lowest BCUT2D eigenvalue weighted by atomic mass is 10.1. The summed E-state index contributed by atoms with van der Waals surface area (Å²) in [5, 5.41) is 4.40. The van der Waals surface area contributed by atoms with E-state index >= 15 is 0 Å². The molecule has 19 heavy (non-hydrogen) atoms. The lowest BCUT2D eigenvalue weighted by molar-refractivity contribution is 0.118. The molecule has 0 saturated heterocycles. The molecule has 0 atom stereocenters. The predicted octanol–water partition coefficient (Wildman–Crippen LogP) is 2.55. The smallest absolute Gasteiger partial charge is 0.0885 e. The number of ether oxygens (including phenoxy) is 1. The van der Waals surface area contributed by atoms with Gasteiger partial charge in [-0.15, -0.1) is 0 Å². The molecule has 0 unspecified atom stereocenters. The van der Waals surface area contributed by atoms with E-state index in [2.05, 4.69) is 18.1 Å². The van der Waals surface area contributed by atoms with Crippen molar-refractivity contribution in [3.63, 3.8) is 0 Å². The van der Waals surface area contributed by atoms with E-state index in [9.17, 15) is 0 Å². The number of nitrogens with zero attached hydrogens (tertiary/aromatic N) is 2. The first-order valence-corrected chi connectivity index (χ1v) is 6.65. The first-order valence-electron chi connectivity index (χ1n) is 6.65. The normalized spacial score (nSPS) is 10.8. The second kappa shape index (κ2) is 6.38. The molecule has 0 aliphatic rings. The topological polar surface area (TPSA) is 53.1 Å². The molecule has 0 amide bonds. The summed E-state index contributed by atoms with van der Waals surface area (Å²) in [6.07, 6.45) is 0.839. The maximum atomic E-state index is 5.89. The number of aryl methyl sites for hydroxylation is 2. The van der Waals surface area contributed by atoms with Crippen LogP contribution in [-0.2, 0) is 24.3 Å². The zero-order valence-electron chi connectivity index (χ0n) is 11.6. The molecule has 0 aliphatic heterocycles. The van der Waals surface area contributed by atoms with Crippen molar-refractivity contribution in [2.24, 2.45) is 0 Å². The zero-order chi connectivity index (χ0) is 13.7. The molecule has 1 heterocycles. The average Bonchev–Trinajstić information content (AvgIpc) is 2.77. The molecule has 0 bridgehead atoms. The molecule has 2 N–H and O–H groups in total. The Morgan fingerprint density at radius 1 is 1.32 bits per heavy atom. The summed E-state index contributed by atoms with van der Waals surface area (Å²) in [5.41, 5.74) is 10.0. The van der Waals surface area contributed by atoms with Gasteiger partial charge in [0.2, 0.25) is 0 Å². The van der Waals surface area contributed by atoms with Crippen LogP contribution >= 0.6 is 0 Å². The Kier molecular flexibility index (Phi) is 4.58. The third-order valence-corrected chi connectivity index (χ3v) is 3.11. The third kappa shape index (κ3) is 3.58. The second-order valence-corrected chi connectivity index (χ2v) is 4.59. The van der Waals surface area contributed by atoms with Crippen LogP contribution in [0.5, 0.6) is 0 Å². The maximum absolute atomic E-state index is 5.89. The molecule has 4 nitrogen and oxygen atoms in total. The van der Waals surface area contributed by atoms with Crippen molar-refractivity contribution in [2.75, 3.05) is 12.3 Å². The quantitative estimate of drug-likeness (QED) is 0.640. The van der Waals surface area contributed by atoms with Gasteiger partial charge in [0.15, 0.2) is 0 Å². The van der Waals surface area contributed by atoms with Crippen LogP contribution in [0, 0.1) is 6.92 Å². The molecule has 1 aromatic carbocycles. The van der Waals surface area contributed by atoms with Crippen molar-refractivity contribution in [3.8, 4) is 0 Å². The molecule has 0 aliphatic carbocycles. The molecule has 0 saturated carbocycles. The van der Waals surface area contributed by atoms with Crippen molar-refractivity contribution < 1.29 is 4.74 Å². The lowest BCUT2D eigenvalue weighted by Crippen LogP contribution is -2.06. The number of anilines is 1. The Balaban J connectivity index is 1.82. The summed E-state index contributed by atoms with van der Waals surface area (Å²) in [4.78, 5) is 0. The van der Waals surface area contributed by atoms with Crippen molar-refractivity contribution >= 4 is 5.69 Å². The van der Waals surface area contributed by atoms with Gasteiger partial charge in [-0.2, -0.15) is 5.10 Å². The summed E-state index contributed by atoms with van der Waals surface area (Å²) >= 11 is 0. The van der Waals surface area contributed by atoms with Crippen LogP contribution in [0.3, 0.4) is 0 Å². The number of benzene rings is 1. The standard InChI is InChI=1S/C15H21N3O/c1-3-18-14(10-12(2)17-18)11-19-9-8-13-6-4-5-7-15(13)16/h4-7,10H,3,8-9,11,16H2,1-2H3.